The molecule has 5 nitrogen and oxygen atoms in total. The highest BCUT2D eigenvalue weighted by molar-refractivity contribution is 5.85. The summed E-state index contributed by atoms with van der Waals surface area (Å²) in [5.41, 5.74) is 5.10. The molecule has 17 heavy (non-hydrogen) atoms. The smallest absolute Gasteiger partial charge is 0.327 e. The quantitative estimate of drug-likeness (QED) is 0.773. The van der Waals surface area contributed by atoms with E-state index in [1.165, 1.54) is 0 Å². The summed E-state index contributed by atoms with van der Waals surface area (Å²) >= 11 is 0. The Morgan fingerprint density at radius 1 is 1.65 bits per heavy atom. The molecule has 0 aliphatic heterocycles. The Labute approximate surface area is 103 Å². The van der Waals surface area contributed by atoms with Crippen LogP contribution in [0.4, 0.5) is 4.39 Å². The molecule has 0 spiro atoms. The first-order valence-electron chi connectivity index (χ1n) is 4.27. The number of carbonyl (C=O) groups is 1. The molecular weight excluding hydrogens is 251 g/mol. The van der Waals surface area contributed by atoms with Gasteiger partial charge in [0.05, 0.1) is 18.7 Å². The van der Waals surface area contributed by atoms with Crippen LogP contribution in [0.5, 0.6) is 5.75 Å². The number of hydrogen-bond acceptors (Lipinski definition) is 5. The second-order valence-electron chi connectivity index (χ2n) is 2.97. The largest absolute Gasteiger partial charge is 0.505 e. The van der Waals surface area contributed by atoms with Gasteiger partial charge in [0.1, 0.15) is 6.04 Å². The third-order valence-corrected chi connectivity index (χ3v) is 2.05. The number of nitriles is 1. The molecule has 7 heteroatoms. The third-order valence-electron chi connectivity index (χ3n) is 2.05. The molecule has 0 radical (unpaired) electrons. The molecule has 0 unspecified atom stereocenters. The van der Waals surface area contributed by atoms with Crippen LogP contribution in [0.3, 0.4) is 0 Å². The van der Waals surface area contributed by atoms with Gasteiger partial charge in [-0.3, -0.25) is 4.79 Å². The minimum atomic E-state index is -1.39. The first kappa shape index (κ1) is 15.2. The van der Waals surface area contributed by atoms with E-state index >= 15 is 0 Å². The van der Waals surface area contributed by atoms with Crippen molar-refractivity contribution in [3.63, 3.8) is 0 Å². The molecule has 0 heterocycles. The van der Waals surface area contributed by atoms with Crippen LogP contribution < -0.4 is 5.73 Å². The van der Waals surface area contributed by atoms with Gasteiger partial charge in [-0.2, -0.15) is 5.26 Å². The number of phenolic OH excluding ortho intramolecular Hbond substituents is 1. The lowest BCUT2D eigenvalue weighted by atomic mass is 10.00. The highest BCUT2D eigenvalue weighted by Gasteiger charge is 2.25. The number of carbonyl (C=O) groups excluding carboxylic acids is 1. The topological polar surface area (TPSA) is 96.3 Å². The van der Waals surface area contributed by atoms with Gasteiger partial charge in [-0.1, -0.05) is 0 Å². The van der Waals surface area contributed by atoms with Crippen molar-refractivity contribution in [2.75, 3.05) is 7.11 Å². The summed E-state index contributed by atoms with van der Waals surface area (Å²) in [6.45, 7) is 0. The zero-order valence-electron chi connectivity index (χ0n) is 8.81. The molecule has 0 aromatic heterocycles. The number of ether oxygens (including phenoxy) is 1. The van der Waals surface area contributed by atoms with Crippen LogP contribution in [-0.2, 0) is 9.53 Å². The number of aromatic hydroxyl groups is 1. The van der Waals surface area contributed by atoms with Gasteiger partial charge in [-0.25, -0.2) is 4.39 Å². The molecule has 3 N–H and O–H groups in total. The number of nitrogens with zero attached hydrogens (tertiary/aromatic N) is 1. The molecule has 92 valence electrons. The Balaban J connectivity index is 0.00000256. The van der Waals surface area contributed by atoms with Crippen LogP contribution in [-0.4, -0.2) is 18.2 Å². The molecule has 0 aliphatic carbocycles. The first-order chi connectivity index (χ1) is 7.52. The molecule has 0 saturated heterocycles. The minimum Gasteiger partial charge on any atom is -0.505 e. The van der Waals surface area contributed by atoms with E-state index in [9.17, 15) is 14.3 Å². The summed E-state index contributed by atoms with van der Waals surface area (Å²) < 4.78 is 17.4. The summed E-state index contributed by atoms with van der Waals surface area (Å²) in [6.07, 6.45) is 0. The number of phenols is 1. The maximum Gasteiger partial charge on any atom is 0.327 e. The van der Waals surface area contributed by atoms with E-state index in [0.29, 0.717) is 0 Å². The van der Waals surface area contributed by atoms with Gasteiger partial charge in [-0.15, -0.1) is 12.4 Å². The molecule has 0 fully saturated rings. The molecule has 1 atom stereocenters. The average molecular weight is 261 g/mol. The van der Waals surface area contributed by atoms with Crippen LogP contribution in [0, 0.1) is 17.1 Å². The van der Waals surface area contributed by atoms with Crippen molar-refractivity contribution in [1.29, 1.82) is 5.26 Å². The van der Waals surface area contributed by atoms with E-state index in [0.717, 1.165) is 19.2 Å². The first-order valence-corrected chi connectivity index (χ1v) is 4.27. The van der Waals surface area contributed by atoms with Gasteiger partial charge >= 0.3 is 5.97 Å². The summed E-state index contributed by atoms with van der Waals surface area (Å²) in [4.78, 5) is 11.2. The van der Waals surface area contributed by atoms with Crippen molar-refractivity contribution >= 4 is 18.4 Å². The number of esters is 1. The highest BCUT2D eigenvalue weighted by atomic mass is 35.5. The molecule has 0 bridgehead atoms. The number of methoxy groups -OCH3 is 1. The van der Waals surface area contributed by atoms with Crippen molar-refractivity contribution in [3.8, 4) is 11.8 Å². The van der Waals surface area contributed by atoms with Crippen molar-refractivity contribution in [3.05, 3.63) is 29.1 Å². The zero-order chi connectivity index (χ0) is 12.3. The summed E-state index contributed by atoms with van der Waals surface area (Å²) in [7, 11) is 1.10. The number of hydrogen-bond donors (Lipinski definition) is 2. The van der Waals surface area contributed by atoms with E-state index in [1.54, 1.807) is 6.07 Å². The van der Waals surface area contributed by atoms with Crippen molar-refractivity contribution in [1.82, 2.24) is 0 Å². The lowest BCUT2D eigenvalue weighted by molar-refractivity contribution is -0.142. The normalized spacial score (nSPS) is 10.9. The van der Waals surface area contributed by atoms with Crippen LogP contribution in [0.1, 0.15) is 17.2 Å². The summed E-state index contributed by atoms with van der Waals surface area (Å²) in [5, 5.41) is 18.2. The molecule has 0 aliphatic rings. The molecule has 0 saturated carbocycles. The fourth-order valence-corrected chi connectivity index (χ4v) is 1.24. The molecule has 0 amide bonds. The maximum atomic E-state index is 13.1. The van der Waals surface area contributed by atoms with Crippen molar-refractivity contribution in [2.45, 2.75) is 6.04 Å². The van der Waals surface area contributed by atoms with E-state index in [1.807, 2.05) is 0 Å². The van der Waals surface area contributed by atoms with Gasteiger partial charge in [0.2, 0.25) is 0 Å². The van der Waals surface area contributed by atoms with Crippen LogP contribution in [0.2, 0.25) is 0 Å². The average Bonchev–Trinajstić information content (AvgIpc) is 2.30. The monoisotopic (exact) mass is 260 g/mol. The Bertz CT molecular complexity index is 473. The van der Waals surface area contributed by atoms with Crippen molar-refractivity contribution < 1.29 is 19.0 Å². The standard InChI is InChI=1S/C10H9FN2O3.ClH/c1-16-10(15)8(13)7-5(4-12)2-3-6(11)9(7)14;/h2-3,8,14H,13H2,1H3;1H/t8-;/m0./s1. The van der Waals surface area contributed by atoms with Gasteiger partial charge < -0.3 is 15.6 Å². The molecular formula is C10H10ClFN2O3. The van der Waals surface area contributed by atoms with E-state index < -0.39 is 23.6 Å². The molecule has 1 aromatic carbocycles. The number of rotatable bonds is 2. The number of halogens is 2. The number of nitrogens with two attached hydrogens (primary N) is 1. The third kappa shape index (κ3) is 2.84. The van der Waals surface area contributed by atoms with E-state index in [4.69, 9.17) is 11.0 Å². The fourth-order valence-electron chi connectivity index (χ4n) is 1.24. The minimum absolute atomic E-state index is 0. The molecule has 1 rings (SSSR count). The predicted molar refractivity (Wildman–Crippen MR) is 59.0 cm³/mol. The summed E-state index contributed by atoms with van der Waals surface area (Å²) in [6, 6.07) is 2.37. The SMILES string of the molecule is COC(=O)[C@@H](N)c1c(C#N)ccc(F)c1O.Cl. The Hall–Kier alpha value is -1.84. The summed E-state index contributed by atoms with van der Waals surface area (Å²) in [5.74, 6) is -2.62. The van der Waals surface area contributed by atoms with Crippen molar-refractivity contribution in [2.24, 2.45) is 5.73 Å². The van der Waals surface area contributed by atoms with Gasteiger partial charge in [0, 0.05) is 5.56 Å². The Morgan fingerprint density at radius 2 is 2.24 bits per heavy atom. The predicted octanol–water partition coefficient (Wildman–Crippen LogP) is 0.998. The van der Waals surface area contributed by atoms with E-state index in [-0.39, 0.29) is 23.5 Å². The second kappa shape index (κ2) is 6.03. The van der Waals surface area contributed by atoms with Gasteiger partial charge in [0.25, 0.3) is 0 Å². The second-order valence-corrected chi connectivity index (χ2v) is 2.97. The van der Waals surface area contributed by atoms with Crippen LogP contribution in [0.15, 0.2) is 12.1 Å². The van der Waals surface area contributed by atoms with Crippen LogP contribution >= 0.6 is 12.4 Å². The van der Waals surface area contributed by atoms with Crippen LogP contribution in [0.25, 0.3) is 0 Å². The van der Waals surface area contributed by atoms with E-state index in [2.05, 4.69) is 4.74 Å². The lowest BCUT2D eigenvalue weighted by Gasteiger charge is -2.13. The zero-order valence-corrected chi connectivity index (χ0v) is 9.62. The van der Waals surface area contributed by atoms with Gasteiger partial charge in [-0.05, 0) is 12.1 Å². The molecule has 1 aromatic rings. The Morgan fingerprint density at radius 3 is 2.71 bits per heavy atom. The Kier molecular flexibility index (Phi) is 5.38. The maximum absolute atomic E-state index is 13.1. The lowest BCUT2D eigenvalue weighted by Crippen LogP contribution is -2.23. The highest BCUT2D eigenvalue weighted by Crippen LogP contribution is 2.29. The fraction of sp³-hybridized carbons (Fsp3) is 0.200. The van der Waals surface area contributed by atoms with Gasteiger partial charge in [0.15, 0.2) is 11.6 Å². The number of benzene rings is 1.